The summed E-state index contributed by atoms with van der Waals surface area (Å²) in [4.78, 5) is 0. The fourth-order valence-corrected chi connectivity index (χ4v) is 2.61. The van der Waals surface area contributed by atoms with Gasteiger partial charge in [-0.3, -0.25) is 0 Å². The second kappa shape index (κ2) is 7.34. The van der Waals surface area contributed by atoms with Crippen LogP contribution >= 0.6 is 0 Å². The van der Waals surface area contributed by atoms with Gasteiger partial charge in [0.05, 0.1) is 7.11 Å². The Morgan fingerprint density at radius 1 is 1.13 bits per heavy atom. The molecule has 0 atom stereocenters. The van der Waals surface area contributed by atoms with Crippen molar-refractivity contribution >= 4 is 9.76 Å². The molecule has 0 radical (unpaired) electrons. The molecule has 0 heterocycles. The van der Waals surface area contributed by atoms with Gasteiger partial charge < -0.3 is 9.16 Å². The summed E-state index contributed by atoms with van der Waals surface area (Å²) in [6.45, 7) is 2.22. The average Bonchev–Trinajstić information content (AvgIpc) is 2.29. The first-order valence-electron chi connectivity index (χ1n) is 5.64. The zero-order valence-corrected chi connectivity index (χ0v) is 11.1. The Labute approximate surface area is 94.5 Å². The maximum absolute atomic E-state index is 5.79. The van der Waals surface area contributed by atoms with E-state index in [0.29, 0.717) is 0 Å². The summed E-state index contributed by atoms with van der Waals surface area (Å²) in [7, 11) is 1.26. The Kier molecular flexibility index (Phi) is 5.93. The molecule has 0 spiro atoms. The number of ether oxygens (including phenoxy) is 1. The topological polar surface area (TPSA) is 18.5 Å². The number of rotatable bonds is 7. The molecule has 15 heavy (non-hydrogen) atoms. The smallest absolute Gasteiger partial charge is 0.219 e. The molecule has 0 aliphatic heterocycles. The molecule has 1 aromatic rings. The van der Waals surface area contributed by atoms with E-state index in [4.69, 9.17) is 9.16 Å². The summed E-state index contributed by atoms with van der Waals surface area (Å²) in [6.07, 6.45) is 3.91. The normalized spacial score (nSPS) is 10.8. The third-order valence-corrected chi connectivity index (χ3v) is 3.63. The van der Waals surface area contributed by atoms with Crippen molar-refractivity contribution in [1.29, 1.82) is 0 Å². The lowest BCUT2D eigenvalue weighted by molar-refractivity contribution is 0.395. The van der Waals surface area contributed by atoms with Crippen LogP contribution in [0.5, 0.6) is 11.5 Å². The molecule has 0 aromatic heterocycles. The molecule has 0 unspecified atom stereocenters. The van der Waals surface area contributed by atoms with Gasteiger partial charge in [-0.25, -0.2) is 0 Å². The largest absolute Gasteiger partial charge is 0.547 e. The van der Waals surface area contributed by atoms with Crippen LogP contribution in [0, 0.1) is 0 Å². The molecular formula is C12H20O2Si. The standard InChI is InChI=1S/C12H20O2Si/c1-3-4-7-10-15-14-12-9-6-5-8-11(12)13-2/h5-6,8-9H,3-4,7,10,15H2,1-2H3. The van der Waals surface area contributed by atoms with Crippen molar-refractivity contribution in [3.63, 3.8) is 0 Å². The molecule has 0 aliphatic rings. The van der Waals surface area contributed by atoms with Crippen LogP contribution < -0.4 is 9.16 Å². The van der Waals surface area contributed by atoms with Crippen molar-refractivity contribution in [3.05, 3.63) is 24.3 Å². The predicted octanol–water partition coefficient (Wildman–Crippen LogP) is 2.77. The fraction of sp³-hybridized carbons (Fsp3) is 0.500. The van der Waals surface area contributed by atoms with E-state index in [0.717, 1.165) is 11.5 Å². The van der Waals surface area contributed by atoms with Crippen LogP contribution in [0.3, 0.4) is 0 Å². The van der Waals surface area contributed by atoms with Gasteiger partial charge in [-0.05, 0) is 18.2 Å². The van der Waals surface area contributed by atoms with Crippen LogP contribution in [0.4, 0.5) is 0 Å². The van der Waals surface area contributed by atoms with E-state index in [-0.39, 0.29) is 0 Å². The second-order valence-corrected chi connectivity index (χ2v) is 4.96. The van der Waals surface area contributed by atoms with Crippen LogP contribution in [-0.4, -0.2) is 16.9 Å². The maximum Gasteiger partial charge on any atom is 0.219 e. The van der Waals surface area contributed by atoms with Gasteiger partial charge in [0, 0.05) is 0 Å². The highest BCUT2D eigenvalue weighted by Gasteiger charge is 2.01. The SMILES string of the molecule is CCCCC[SiH2]Oc1ccccc1OC. The number of benzene rings is 1. The van der Waals surface area contributed by atoms with E-state index in [1.807, 2.05) is 24.3 Å². The predicted molar refractivity (Wildman–Crippen MR) is 66.5 cm³/mol. The highest BCUT2D eigenvalue weighted by molar-refractivity contribution is 6.28. The molecule has 1 rings (SSSR count). The van der Waals surface area contributed by atoms with Crippen molar-refractivity contribution in [2.45, 2.75) is 32.2 Å². The van der Waals surface area contributed by atoms with Gasteiger partial charge in [-0.2, -0.15) is 0 Å². The number of unbranched alkanes of at least 4 members (excludes halogenated alkanes) is 2. The number of para-hydroxylation sites is 2. The van der Waals surface area contributed by atoms with E-state index < -0.39 is 9.76 Å². The highest BCUT2D eigenvalue weighted by atomic mass is 28.2. The van der Waals surface area contributed by atoms with Gasteiger partial charge >= 0.3 is 0 Å². The first kappa shape index (κ1) is 12.1. The fourth-order valence-electron chi connectivity index (χ4n) is 1.45. The van der Waals surface area contributed by atoms with Crippen molar-refractivity contribution in [1.82, 2.24) is 0 Å². The van der Waals surface area contributed by atoms with Crippen molar-refractivity contribution in [2.75, 3.05) is 7.11 Å². The molecule has 0 aliphatic carbocycles. The molecule has 3 heteroatoms. The lowest BCUT2D eigenvalue weighted by Crippen LogP contribution is -2.02. The first-order chi connectivity index (χ1) is 7.38. The number of hydrogen-bond donors (Lipinski definition) is 0. The van der Waals surface area contributed by atoms with Gasteiger partial charge in [0.2, 0.25) is 9.76 Å². The number of hydrogen-bond acceptors (Lipinski definition) is 2. The molecular weight excluding hydrogens is 204 g/mol. The summed E-state index contributed by atoms with van der Waals surface area (Å²) >= 11 is 0. The van der Waals surface area contributed by atoms with Crippen LogP contribution in [0.1, 0.15) is 26.2 Å². The molecule has 1 aromatic carbocycles. The van der Waals surface area contributed by atoms with Crippen LogP contribution in [0.15, 0.2) is 24.3 Å². The van der Waals surface area contributed by atoms with Gasteiger partial charge in [-0.15, -0.1) is 0 Å². The second-order valence-electron chi connectivity index (χ2n) is 3.56. The van der Waals surface area contributed by atoms with E-state index in [1.165, 1.54) is 25.3 Å². The summed E-state index contributed by atoms with van der Waals surface area (Å²) in [6, 6.07) is 9.12. The third kappa shape index (κ3) is 4.38. The Morgan fingerprint density at radius 3 is 2.53 bits per heavy atom. The quantitative estimate of drug-likeness (QED) is 0.524. The van der Waals surface area contributed by atoms with Gasteiger partial charge in [-0.1, -0.05) is 38.3 Å². The zero-order valence-electron chi connectivity index (χ0n) is 9.66. The summed E-state index contributed by atoms with van der Waals surface area (Å²) in [5, 5.41) is 0. The minimum atomic E-state index is -0.418. The first-order valence-corrected chi connectivity index (χ1v) is 7.22. The van der Waals surface area contributed by atoms with Crippen molar-refractivity contribution < 1.29 is 9.16 Å². The van der Waals surface area contributed by atoms with Crippen LogP contribution in [0.25, 0.3) is 0 Å². The van der Waals surface area contributed by atoms with Crippen LogP contribution in [-0.2, 0) is 0 Å². The van der Waals surface area contributed by atoms with Crippen molar-refractivity contribution in [2.24, 2.45) is 0 Å². The third-order valence-electron chi connectivity index (χ3n) is 2.32. The van der Waals surface area contributed by atoms with Gasteiger partial charge in [0.1, 0.15) is 5.75 Å². The molecule has 84 valence electrons. The molecule has 0 N–H and O–H groups in total. The molecule has 0 amide bonds. The molecule has 0 fully saturated rings. The minimum absolute atomic E-state index is 0.418. The summed E-state index contributed by atoms with van der Waals surface area (Å²) < 4.78 is 11.0. The average molecular weight is 224 g/mol. The van der Waals surface area contributed by atoms with E-state index in [2.05, 4.69) is 6.92 Å². The molecule has 0 saturated heterocycles. The molecule has 2 nitrogen and oxygen atoms in total. The lowest BCUT2D eigenvalue weighted by Gasteiger charge is -2.10. The highest BCUT2D eigenvalue weighted by Crippen LogP contribution is 2.25. The zero-order chi connectivity index (χ0) is 10.9. The van der Waals surface area contributed by atoms with Gasteiger partial charge in [0.15, 0.2) is 5.75 Å². The maximum atomic E-state index is 5.79. The minimum Gasteiger partial charge on any atom is -0.547 e. The van der Waals surface area contributed by atoms with Gasteiger partial charge in [0.25, 0.3) is 0 Å². The van der Waals surface area contributed by atoms with E-state index in [9.17, 15) is 0 Å². The monoisotopic (exact) mass is 224 g/mol. The summed E-state index contributed by atoms with van der Waals surface area (Å²) in [5.41, 5.74) is 0. The lowest BCUT2D eigenvalue weighted by atomic mass is 10.3. The Morgan fingerprint density at radius 2 is 1.87 bits per heavy atom. The number of methoxy groups -OCH3 is 1. The van der Waals surface area contributed by atoms with Crippen LogP contribution in [0.2, 0.25) is 6.04 Å². The summed E-state index contributed by atoms with van der Waals surface area (Å²) in [5.74, 6) is 1.75. The van der Waals surface area contributed by atoms with E-state index >= 15 is 0 Å². The van der Waals surface area contributed by atoms with Crippen molar-refractivity contribution in [3.8, 4) is 11.5 Å². The Balaban J connectivity index is 2.30. The Bertz CT molecular complexity index is 276. The Hall–Kier alpha value is -0.963. The molecule has 0 saturated carbocycles. The van der Waals surface area contributed by atoms with E-state index in [1.54, 1.807) is 7.11 Å². The molecule has 0 bridgehead atoms.